The topological polar surface area (TPSA) is 20.2 Å². The van der Waals surface area contributed by atoms with Crippen LogP contribution in [0.5, 0.6) is 0 Å². The van der Waals surface area contributed by atoms with Gasteiger partial charge in [-0.25, -0.2) is 0 Å². The van der Waals surface area contributed by atoms with Gasteiger partial charge in [-0.2, -0.15) is 0 Å². The van der Waals surface area contributed by atoms with Crippen LogP contribution in [0.3, 0.4) is 0 Å². The summed E-state index contributed by atoms with van der Waals surface area (Å²) < 4.78 is 0. The predicted octanol–water partition coefficient (Wildman–Crippen LogP) is -3.13. The van der Waals surface area contributed by atoms with Crippen LogP contribution in [0.25, 0.3) is 0 Å². The summed E-state index contributed by atoms with van der Waals surface area (Å²) in [5, 5.41) is 7.57. The number of aliphatic hydroxyl groups is 1. The van der Waals surface area contributed by atoms with Crippen LogP contribution in [0.1, 0.15) is 8.35 Å². The largest absolute Gasteiger partial charge is 3.00 e. The van der Waals surface area contributed by atoms with E-state index in [-0.39, 0.29) is 44.3 Å². The molecule has 0 aromatic rings. The molecule has 1 nitrogen and oxygen atoms in total. The summed E-state index contributed by atoms with van der Waals surface area (Å²) in [5.74, 6) is 0. The van der Waals surface area contributed by atoms with Gasteiger partial charge in [0, 0.05) is 8.03 Å². The van der Waals surface area contributed by atoms with Gasteiger partial charge in [-0.1, -0.05) is 0 Å². The fraction of sp³-hybridized carbons (Fsp3) is 1.00. The molecule has 22 valence electrons. The van der Waals surface area contributed by atoms with E-state index in [1.165, 1.54) is 0 Å². The van der Waals surface area contributed by atoms with Crippen molar-refractivity contribution in [2.75, 3.05) is 6.61 Å². The number of hydrogen-bond acceptors (Lipinski definition) is 1. The van der Waals surface area contributed by atoms with Crippen molar-refractivity contribution >= 4 is 17.4 Å². The second-order valence-electron chi connectivity index (χ2n) is 0.316. The molecule has 0 aromatic carbocycles. The molecule has 0 radical (unpaired) electrons. The Labute approximate surface area is 56.6 Å². The van der Waals surface area contributed by atoms with Crippen LogP contribution < -0.4 is 18.9 Å². The zero-order chi connectivity index (χ0) is 2.71. The molecule has 0 aliphatic carbocycles. The van der Waals surface area contributed by atoms with Crippen LogP contribution in [0.15, 0.2) is 0 Å². The predicted molar refractivity (Wildman–Crippen MR) is 20.6 cm³/mol. The second kappa shape index (κ2) is 19.5. The monoisotopic (exact) mass is 82.1 g/mol. The van der Waals surface area contributed by atoms with E-state index < -0.39 is 0 Å². The van der Waals surface area contributed by atoms with Gasteiger partial charge in [0.1, 0.15) is 0 Å². The smallest absolute Gasteiger partial charge is 0.397 e. The third-order valence-corrected chi connectivity index (χ3v) is 0. The Kier molecular flexibility index (Phi) is 64.4. The SMILES string of the molecule is CCO.[Al+3].[HH].[Li+]. The summed E-state index contributed by atoms with van der Waals surface area (Å²) in [7, 11) is 0. The molecule has 0 bridgehead atoms. The van der Waals surface area contributed by atoms with Gasteiger partial charge in [-0.05, 0) is 6.92 Å². The Morgan fingerprint density at radius 3 is 1.80 bits per heavy atom. The zero-order valence-corrected chi connectivity index (χ0v) is 4.89. The second-order valence-corrected chi connectivity index (χ2v) is 0.316. The molecule has 0 aromatic heterocycles. The minimum atomic E-state index is 0. The van der Waals surface area contributed by atoms with Crippen molar-refractivity contribution < 1.29 is 25.4 Å². The minimum Gasteiger partial charge on any atom is -0.397 e. The molecule has 0 rings (SSSR count). The van der Waals surface area contributed by atoms with E-state index in [1.807, 2.05) is 0 Å². The van der Waals surface area contributed by atoms with E-state index in [9.17, 15) is 0 Å². The number of rotatable bonds is 0. The van der Waals surface area contributed by atoms with Gasteiger partial charge in [0.2, 0.25) is 0 Å². The van der Waals surface area contributed by atoms with Gasteiger partial charge in [0.15, 0.2) is 0 Å². The summed E-state index contributed by atoms with van der Waals surface area (Å²) in [6.45, 7) is 1.93. The molecule has 0 amide bonds. The van der Waals surface area contributed by atoms with Gasteiger partial charge >= 0.3 is 36.2 Å². The molecule has 0 saturated carbocycles. The van der Waals surface area contributed by atoms with Crippen molar-refractivity contribution in [2.45, 2.75) is 6.92 Å². The van der Waals surface area contributed by atoms with E-state index in [0.717, 1.165) is 0 Å². The quantitative estimate of drug-likeness (QED) is 0.306. The molecule has 0 heterocycles. The maximum Gasteiger partial charge on any atom is 3.00 e. The maximum absolute atomic E-state index is 7.57. The number of aliphatic hydroxyl groups excluding tert-OH is 1. The first-order chi connectivity index (χ1) is 1.41. The van der Waals surface area contributed by atoms with Crippen LogP contribution in [-0.4, -0.2) is 29.1 Å². The van der Waals surface area contributed by atoms with E-state index in [0.29, 0.717) is 0 Å². The minimum absolute atomic E-state index is 0. The number of hydrogen-bond donors (Lipinski definition) is 1. The Bertz CT molecular complexity index is 13.5. The van der Waals surface area contributed by atoms with Gasteiger partial charge in [0.25, 0.3) is 0 Å². The molecule has 0 aliphatic rings. The summed E-state index contributed by atoms with van der Waals surface area (Å²) in [4.78, 5) is 0. The fourth-order valence-electron chi connectivity index (χ4n) is 0. The molecule has 0 atom stereocenters. The molecule has 1 N–H and O–H groups in total. The Morgan fingerprint density at radius 1 is 1.80 bits per heavy atom. The molecule has 5 heavy (non-hydrogen) atoms. The third-order valence-electron chi connectivity index (χ3n) is 0. The molecule has 3 heteroatoms. The van der Waals surface area contributed by atoms with Crippen molar-refractivity contribution in [2.24, 2.45) is 0 Å². The fourth-order valence-corrected chi connectivity index (χ4v) is 0. The van der Waals surface area contributed by atoms with Crippen LogP contribution in [0, 0.1) is 0 Å². The van der Waals surface area contributed by atoms with Gasteiger partial charge in [-0.3, -0.25) is 0 Å². The summed E-state index contributed by atoms with van der Waals surface area (Å²) in [6.07, 6.45) is 0. The normalized spacial score (nSPS) is 3.60. The van der Waals surface area contributed by atoms with E-state index in [4.69, 9.17) is 5.11 Å². The zero-order valence-electron chi connectivity index (χ0n) is 3.73. The average molecular weight is 82.0 g/mol. The van der Waals surface area contributed by atoms with Gasteiger partial charge in [0.05, 0.1) is 0 Å². The maximum atomic E-state index is 7.57. The summed E-state index contributed by atoms with van der Waals surface area (Å²) >= 11 is 0. The summed E-state index contributed by atoms with van der Waals surface area (Å²) in [6, 6.07) is 0. The molecule has 0 unspecified atom stereocenters. The van der Waals surface area contributed by atoms with Crippen molar-refractivity contribution in [3.63, 3.8) is 0 Å². The first kappa shape index (κ1) is 16.5. The van der Waals surface area contributed by atoms with Gasteiger partial charge < -0.3 is 5.11 Å². The standard InChI is InChI=1S/C2H6O.Al.Li.H2/c1-2-3;;;/h3H,2H2,1H3;;;1H/q;+3;+1;. The Hall–Kier alpha value is 1.09. The van der Waals surface area contributed by atoms with Crippen molar-refractivity contribution in [3.05, 3.63) is 0 Å². The van der Waals surface area contributed by atoms with Crippen LogP contribution in [0.4, 0.5) is 0 Å². The molecular weight excluding hydrogens is 73.9 g/mol. The first-order valence-corrected chi connectivity index (χ1v) is 1.02. The van der Waals surface area contributed by atoms with Crippen molar-refractivity contribution in [1.29, 1.82) is 0 Å². The van der Waals surface area contributed by atoms with E-state index >= 15 is 0 Å². The van der Waals surface area contributed by atoms with Crippen LogP contribution in [-0.2, 0) is 0 Å². The van der Waals surface area contributed by atoms with Crippen molar-refractivity contribution in [3.8, 4) is 0 Å². The molecular formula is C2H8AlLiO+4. The summed E-state index contributed by atoms with van der Waals surface area (Å²) in [5.41, 5.74) is 0. The van der Waals surface area contributed by atoms with Gasteiger partial charge in [-0.15, -0.1) is 0 Å². The molecule has 0 spiro atoms. The third kappa shape index (κ3) is 40.9. The van der Waals surface area contributed by atoms with Crippen LogP contribution in [0.2, 0.25) is 0 Å². The average Bonchev–Trinajstić information content (AvgIpc) is 0.918. The van der Waals surface area contributed by atoms with E-state index in [2.05, 4.69) is 0 Å². The molecule has 0 aliphatic heterocycles. The van der Waals surface area contributed by atoms with E-state index in [1.54, 1.807) is 6.92 Å². The van der Waals surface area contributed by atoms with Crippen LogP contribution >= 0.6 is 0 Å². The molecule has 0 fully saturated rings. The Morgan fingerprint density at radius 2 is 1.80 bits per heavy atom. The molecule has 0 saturated heterocycles. The Balaban J connectivity index is -0.00000000667. The van der Waals surface area contributed by atoms with Crippen molar-refractivity contribution in [1.82, 2.24) is 0 Å². The first-order valence-electron chi connectivity index (χ1n) is 1.02.